The van der Waals surface area contributed by atoms with E-state index in [1.165, 1.54) is 0 Å². The van der Waals surface area contributed by atoms with Crippen LogP contribution in [0, 0.1) is 11.8 Å². The van der Waals surface area contributed by atoms with Crippen LogP contribution in [0.1, 0.15) is 52.4 Å². The van der Waals surface area contributed by atoms with Crippen LogP contribution in [0.4, 0.5) is 0 Å². The van der Waals surface area contributed by atoms with E-state index >= 15 is 0 Å². The first-order valence-electron chi connectivity index (χ1n) is 7.71. The molecular weight excluding hydrogens is 256 g/mol. The van der Waals surface area contributed by atoms with Gasteiger partial charge in [-0.05, 0) is 45.1 Å². The Balaban J connectivity index is 2.42. The summed E-state index contributed by atoms with van der Waals surface area (Å²) in [5.41, 5.74) is 5.57. The Labute approximate surface area is 121 Å². The predicted molar refractivity (Wildman–Crippen MR) is 78.2 cm³/mol. The molecule has 0 aromatic heterocycles. The monoisotopic (exact) mass is 284 g/mol. The Morgan fingerprint density at radius 1 is 1.40 bits per heavy atom. The zero-order chi connectivity index (χ0) is 15.1. The lowest BCUT2D eigenvalue weighted by Gasteiger charge is -2.36. The maximum absolute atomic E-state index is 12.3. The van der Waals surface area contributed by atoms with E-state index in [0.29, 0.717) is 38.3 Å². The van der Waals surface area contributed by atoms with Crippen molar-refractivity contribution in [3.8, 4) is 0 Å². The standard InChI is InChI=1S/C15H28N2O3/c1-3-12(6-8-16)4-5-14(18)17-9-7-13(15(19)20)10-11(17)2/h11-13H,3-10,16H2,1-2H3,(H,19,20). The first kappa shape index (κ1) is 17.0. The van der Waals surface area contributed by atoms with Crippen molar-refractivity contribution in [2.24, 2.45) is 17.6 Å². The summed E-state index contributed by atoms with van der Waals surface area (Å²) in [6, 6.07) is 0.0342. The minimum atomic E-state index is -0.738. The second-order valence-corrected chi connectivity index (χ2v) is 5.89. The fraction of sp³-hybridized carbons (Fsp3) is 0.867. The van der Waals surface area contributed by atoms with Crippen LogP contribution < -0.4 is 5.73 Å². The SMILES string of the molecule is CCC(CCN)CCC(=O)N1CCC(C(=O)O)CC1C. The highest BCUT2D eigenvalue weighted by Gasteiger charge is 2.31. The van der Waals surface area contributed by atoms with Crippen molar-refractivity contribution < 1.29 is 14.7 Å². The molecule has 3 atom stereocenters. The van der Waals surface area contributed by atoms with E-state index in [4.69, 9.17) is 10.8 Å². The molecule has 1 aliphatic heterocycles. The van der Waals surface area contributed by atoms with E-state index in [-0.39, 0.29) is 17.9 Å². The number of hydrogen-bond donors (Lipinski definition) is 2. The maximum atomic E-state index is 12.3. The van der Waals surface area contributed by atoms with Crippen molar-refractivity contribution in [2.45, 2.75) is 58.4 Å². The van der Waals surface area contributed by atoms with Crippen LogP contribution in [0.2, 0.25) is 0 Å². The molecular formula is C15H28N2O3. The molecule has 1 rings (SSSR count). The van der Waals surface area contributed by atoms with Crippen LogP contribution in [0.25, 0.3) is 0 Å². The van der Waals surface area contributed by atoms with Gasteiger partial charge in [-0.15, -0.1) is 0 Å². The lowest BCUT2D eigenvalue weighted by Crippen LogP contribution is -2.46. The van der Waals surface area contributed by atoms with Crippen LogP contribution in [-0.2, 0) is 9.59 Å². The fourth-order valence-electron chi connectivity index (χ4n) is 3.03. The van der Waals surface area contributed by atoms with Crippen molar-refractivity contribution >= 4 is 11.9 Å². The minimum absolute atomic E-state index is 0.0342. The Morgan fingerprint density at radius 2 is 2.10 bits per heavy atom. The Hall–Kier alpha value is -1.10. The lowest BCUT2D eigenvalue weighted by molar-refractivity contribution is -0.147. The number of carbonyl (C=O) groups excluding carboxylic acids is 1. The number of rotatable bonds is 7. The Kier molecular flexibility index (Phi) is 6.99. The van der Waals surface area contributed by atoms with Gasteiger partial charge in [0.2, 0.25) is 5.91 Å². The molecule has 1 aliphatic rings. The molecule has 0 aromatic rings. The maximum Gasteiger partial charge on any atom is 0.306 e. The number of hydrogen-bond acceptors (Lipinski definition) is 3. The number of likely N-dealkylation sites (tertiary alicyclic amines) is 1. The molecule has 0 saturated carbocycles. The molecule has 0 bridgehead atoms. The van der Waals surface area contributed by atoms with E-state index < -0.39 is 5.97 Å². The van der Waals surface area contributed by atoms with Gasteiger partial charge in [-0.3, -0.25) is 9.59 Å². The molecule has 1 saturated heterocycles. The normalized spacial score (nSPS) is 24.4. The predicted octanol–water partition coefficient (Wildman–Crippen LogP) is 1.85. The van der Waals surface area contributed by atoms with Crippen LogP contribution in [-0.4, -0.2) is 41.0 Å². The molecule has 0 aromatic carbocycles. The number of amides is 1. The molecule has 1 fully saturated rings. The number of carboxylic acid groups (broad SMARTS) is 1. The van der Waals surface area contributed by atoms with Gasteiger partial charge in [0.1, 0.15) is 0 Å². The van der Waals surface area contributed by atoms with Gasteiger partial charge >= 0.3 is 5.97 Å². The number of piperidine rings is 1. The van der Waals surface area contributed by atoms with Gasteiger partial charge in [0.25, 0.3) is 0 Å². The summed E-state index contributed by atoms with van der Waals surface area (Å²) in [5, 5.41) is 9.03. The lowest BCUT2D eigenvalue weighted by atomic mass is 9.90. The molecule has 1 amide bonds. The summed E-state index contributed by atoms with van der Waals surface area (Å²) in [4.78, 5) is 25.1. The van der Waals surface area contributed by atoms with Gasteiger partial charge in [0.15, 0.2) is 0 Å². The quantitative estimate of drug-likeness (QED) is 0.747. The number of aliphatic carboxylic acids is 1. The first-order chi connectivity index (χ1) is 9.49. The topological polar surface area (TPSA) is 83.6 Å². The summed E-state index contributed by atoms with van der Waals surface area (Å²) in [5.74, 6) is -0.347. The molecule has 20 heavy (non-hydrogen) atoms. The number of nitrogens with two attached hydrogens (primary N) is 1. The van der Waals surface area contributed by atoms with Gasteiger partial charge in [0.05, 0.1) is 5.92 Å². The average Bonchev–Trinajstić information content (AvgIpc) is 2.42. The van der Waals surface area contributed by atoms with Gasteiger partial charge in [-0.25, -0.2) is 0 Å². The van der Waals surface area contributed by atoms with Crippen LogP contribution in [0.5, 0.6) is 0 Å². The summed E-state index contributed by atoms with van der Waals surface area (Å²) in [6.45, 7) is 5.33. The fourth-order valence-corrected chi connectivity index (χ4v) is 3.03. The van der Waals surface area contributed by atoms with E-state index in [1.54, 1.807) is 0 Å². The largest absolute Gasteiger partial charge is 0.481 e. The molecule has 3 unspecified atom stereocenters. The third-order valence-electron chi connectivity index (χ3n) is 4.46. The van der Waals surface area contributed by atoms with Gasteiger partial charge in [-0.1, -0.05) is 13.3 Å². The summed E-state index contributed by atoms with van der Waals surface area (Å²) < 4.78 is 0. The first-order valence-corrected chi connectivity index (χ1v) is 7.71. The Bertz CT molecular complexity index is 333. The number of nitrogens with zero attached hydrogens (tertiary/aromatic N) is 1. The van der Waals surface area contributed by atoms with E-state index in [1.807, 2.05) is 11.8 Å². The highest BCUT2D eigenvalue weighted by Crippen LogP contribution is 2.24. The molecule has 0 aliphatic carbocycles. The van der Waals surface area contributed by atoms with Crippen LogP contribution >= 0.6 is 0 Å². The molecule has 3 N–H and O–H groups in total. The minimum Gasteiger partial charge on any atom is -0.481 e. The summed E-state index contributed by atoms with van der Waals surface area (Å²) in [6.07, 6.45) is 4.62. The van der Waals surface area contributed by atoms with Gasteiger partial charge in [0, 0.05) is 19.0 Å². The second kappa shape index (κ2) is 8.25. The van der Waals surface area contributed by atoms with Gasteiger partial charge < -0.3 is 15.7 Å². The van der Waals surface area contributed by atoms with Crippen LogP contribution in [0.15, 0.2) is 0 Å². The second-order valence-electron chi connectivity index (χ2n) is 5.89. The zero-order valence-corrected chi connectivity index (χ0v) is 12.7. The zero-order valence-electron chi connectivity index (χ0n) is 12.7. The third-order valence-corrected chi connectivity index (χ3v) is 4.46. The third kappa shape index (κ3) is 4.78. The van der Waals surface area contributed by atoms with Gasteiger partial charge in [-0.2, -0.15) is 0 Å². The van der Waals surface area contributed by atoms with Crippen molar-refractivity contribution in [1.82, 2.24) is 4.90 Å². The molecule has 5 nitrogen and oxygen atoms in total. The highest BCUT2D eigenvalue weighted by atomic mass is 16.4. The molecule has 116 valence electrons. The average molecular weight is 284 g/mol. The molecule has 0 spiro atoms. The summed E-state index contributed by atoms with van der Waals surface area (Å²) in [7, 11) is 0. The molecule has 0 radical (unpaired) electrons. The molecule has 1 heterocycles. The molecule has 5 heteroatoms. The van der Waals surface area contributed by atoms with Crippen molar-refractivity contribution in [3.05, 3.63) is 0 Å². The number of carbonyl (C=O) groups is 2. The van der Waals surface area contributed by atoms with Crippen molar-refractivity contribution in [1.29, 1.82) is 0 Å². The van der Waals surface area contributed by atoms with E-state index in [0.717, 1.165) is 19.3 Å². The van der Waals surface area contributed by atoms with Crippen molar-refractivity contribution in [3.63, 3.8) is 0 Å². The smallest absolute Gasteiger partial charge is 0.306 e. The van der Waals surface area contributed by atoms with Crippen molar-refractivity contribution in [2.75, 3.05) is 13.1 Å². The number of carboxylic acids is 1. The Morgan fingerprint density at radius 3 is 2.60 bits per heavy atom. The van der Waals surface area contributed by atoms with Crippen LogP contribution in [0.3, 0.4) is 0 Å². The van der Waals surface area contributed by atoms with E-state index in [9.17, 15) is 9.59 Å². The highest BCUT2D eigenvalue weighted by molar-refractivity contribution is 5.77. The summed E-state index contributed by atoms with van der Waals surface area (Å²) >= 11 is 0. The van der Waals surface area contributed by atoms with E-state index in [2.05, 4.69) is 6.92 Å².